The van der Waals surface area contributed by atoms with Crippen LogP contribution in [0.5, 0.6) is 5.75 Å². The number of amides is 1. The van der Waals surface area contributed by atoms with E-state index in [0.717, 1.165) is 0 Å². The largest absolute Gasteiger partial charge is 0.476 e. The van der Waals surface area contributed by atoms with E-state index in [0.29, 0.717) is 23.6 Å². The summed E-state index contributed by atoms with van der Waals surface area (Å²) in [5.74, 6) is 0.0709. The molecule has 0 spiro atoms. The minimum atomic E-state index is -1.11. The van der Waals surface area contributed by atoms with E-state index in [4.69, 9.17) is 21.1 Å². The third-order valence-electron chi connectivity index (χ3n) is 2.95. The van der Waals surface area contributed by atoms with E-state index >= 15 is 0 Å². The van der Waals surface area contributed by atoms with E-state index < -0.39 is 11.6 Å². The fourth-order valence-corrected chi connectivity index (χ4v) is 1.75. The molecule has 1 aromatic rings. The summed E-state index contributed by atoms with van der Waals surface area (Å²) in [6, 6.07) is 6.75. The van der Waals surface area contributed by atoms with Crippen molar-refractivity contribution in [3.63, 3.8) is 0 Å². The number of rotatable bonds is 7. The lowest BCUT2D eigenvalue weighted by atomic mass is 10.1. The van der Waals surface area contributed by atoms with Crippen LogP contribution in [0.1, 0.15) is 26.7 Å². The number of carbonyl (C=O) groups is 2. The maximum atomic E-state index is 12.0. The van der Waals surface area contributed by atoms with Crippen molar-refractivity contribution in [3.8, 4) is 5.75 Å². The number of hydrogen-bond acceptors (Lipinski definition) is 4. The number of nitrogens with zero attached hydrogens (tertiary/aromatic N) is 1. The predicted octanol–water partition coefficient (Wildman–Crippen LogP) is 2.91. The number of hydrogen-bond donors (Lipinski definition) is 0. The van der Waals surface area contributed by atoms with E-state index in [9.17, 15) is 9.59 Å². The molecule has 0 bridgehead atoms. The number of halogens is 1. The molecule has 1 aromatic carbocycles. The average Bonchev–Trinajstić information content (AvgIpc) is 2.45. The average molecular weight is 328 g/mol. The second kappa shape index (κ2) is 8.03. The van der Waals surface area contributed by atoms with Crippen LogP contribution >= 0.6 is 11.6 Å². The van der Waals surface area contributed by atoms with E-state index in [-0.39, 0.29) is 12.5 Å². The van der Waals surface area contributed by atoms with Gasteiger partial charge in [0.25, 0.3) is 0 Å². The molecule has 1 amide bonds. The van der Waals surface area contributed by atoms with Gasteiger partial charge in [0.15, 0.2) is 5.60 Å². The molecule has 1 rings (SSSR count). The van der Waals surface area contributed by atoms with Crippen molar-refractivity contribution in [2.24, 2.45) is 0 Å². The minimum absolute atomic E-state index is 0.00715. The fraction of sp³-hybridized carbons (Fsp3) is 0.500. The van der Waals surface area contributed by atoms with Crippen molar-refractivity contribution in [2.45, 2.75) is 32.3 Å². The van der Waals surface area contributed by atoms with Crippen LogP contribution in [0, 0.1) is 0 Å². The fourth-order valence-electron chi connectivity index (χ4n) is 1.62. The zero-order chi connectivity index (χ0) is 16.8. The van der Waals surface area contributed by atoms with Crippen LogP contribution in [0.2, 0.25) is 5.02 Å². The van der Waals surface area contributed by atoms with Crippen LogP contribution in [-0.4, -0.2) is 43.1 Å². The monoisotopic (exact) mass is 327 g/mol. The molecule has 0 aliphatic rings. The summed E-state index contributed by atoms with van der Waals surface area (Å²) in [5, 5.41) is 0.596. The van der Waals surface area contributed by atoms with Crippen LogP contribution in [0.3, 0.4) is 0 Å². The van der Waals surface area contributed by atoms with Gasteiger partial charge in [0, 0.05) is 25.5 Å². The van der Waals surface area contributed by atoms with Gasteiger partial charge in [0.1, 0.15) is 5.75 Å². The lowest BCUT2D eigenvalue weighted by Crippen LogP contribution is -2.40. The molecule has 0 unspecified atom stereocenters. The second-order valence-electron chi connectivity index (χ2n) is 5.59. The highest BCUT2D eigenvalue weighted by molar-refractivity contribution is 6.30. The van der Waals surface area contributed by atoms with Crippen molar-refractivity contribution in [2.75, 3.05) is 20.7 Å². The summed E-state index contributed by atoms with van der Waals surface area (Å²) in [6.07, 6.45) is 0.832. The number of ether oxygens (including phenoxy) is 2. The molecule has 0 saturated carbocycles. The molecule has 0 fully saturated rings. The Morgan fingerprint density at radius 3 is 2.32 bits per heavy atom. The summed E-state index contributed by atoms with van der Waals surface area (Å²) in [5.41, 5.74) is -1.11. The molecule has 5 nitrogen and oxygen atoms in total. The zero-order valence-corrected chi connectivity index (χ0v) is 14.1. The molecule has 0 saturated heterocycles. The molecule has 0 heterocycles. The Bertz CT molecular complexity index is 511. The van der Waals surface area contributed by atoms with Crippen molar-refractivity contribution >= 4 is 23.5 Å². The molecule has 0 atom stereocenters. The first-order valence-electron chi connectivity index (χ1n) is 7.04. The Kier molecular flexibility index (Phi) is 6.68. The standard InChI is InChI=1S/C16H22ClNO4/c1-16(2,22-13-9-7-12(17)8-10-13)15(20)21-11-5-6-14(19)18(3)4/h7-10H,5-6,11H2,1-4H3. The normalized spacial score (nSPS) is 11.0. The van der Waals surface area contributed by atoms with Crippen LogP contribution in [0.25, 0.3) is 0 Å². The smallest absolute Gasteiger partial charge is 0.349 e. The Hall–Kier alpha value is -1.75. The van der Waals surface area contributed by atoms with E-state index in [2.05, 4.69) is 0 Å². The lowest BCUT2D eigenvalue weighted by Gasteiger charge is -2.24. The Labute approximate surface area is 136 Å². The molecule has 0 aliphatic carbocycles. The van der Waals surface area contributed by atoms with Gasteiger partial charge in [-0.3, -0.25) is 4.79 Å². The van der Waals surface area contributed by atoms with Crippen LogP contribution in [0.15, 0.2) is 24.3 Å². The third kappa shape index (κ3) is 5.93. The van der Waals surface area contributed by atoms with E-state index in [1.54, 1.807) is 52.2 Å². The van der Waals surface area contributed by atoms with Crippen LogP contribution in [0.4, 0.5) is 0 Å². The lowest BCUT2D eigenvalue weighted by molar-refractivity contribution is -0.159. The first-order valence-corrected chi connectivity index (χ1v) is 7.42. The topological polar surface area (TPSA) is 55.8 Å². The summed E-state index contributed by atoms with van der Waals surface area (Å²) in [4.78, 5) is 25.0. The van der Waals surface area contributed by atoms with Crippen molar-refractivity contribution < 1.29 is 19.1 Å². The molecular weight excluding hydrogens is 306 g/mol. The number of benzene rings is 1. The van der Waals surface area contributed by atoms with Gasteiger partial charge in [-0.2, -0.15) is 0 Å². The molecule has 0 aliphatic heterocycles. The summed E-state index contributed by atoms with van der Waals surface area (Å²) in [7, 11) is 3.38. The van der Waals surface area contributed by atoms with Gasteiger partial charge in [-0.15, -0.1) is 0 Å². The van der Waals surface area contributed by atoms with Gasteiger partial charge >= 0.3 is 5.97 Å². The van der Waals surface area contributed by atoms with Gasteiger partial charge in [-0.25, -0.2) is 4.79 Å². The molecule has 122 valence electrons. The first kappa shape index (κ1) is 18.3. The zero-order valence-electron chi connectivity index (χ0n) is 13.4. The highest BCUT2D eigenvalue weighted by Gasteiger charge is 2.31. The Morgan fingerprint density at radius 1 is 1.18 bits per heavy atom. The predicted molar refractivity (Wildman–Crippen MR) is 85.0 cm³/mol. The Balaban J connectivity index is 2.42. The van der Waals surface area contributed by atoms with Crippen molar-refractivity contribution in [1.29, 1.82) is 0 Å². The van der Waals surface area contributed by atoms with E-state index in [1.165, 1.54) is 4.90 Å². The molecule has 6 heteroatoms. The van der Waals surface area contributed by atoms with Gasteiger partial charge in [-0.1, -0.05) is 11.6 Å². The summed E-state index contributed by atoms with van der Waals surface area (Å²) in [6.45, 7) is 3.45. The summed E-state index contributed by atoms with van der Waals surface area (Å²) >= 11 is 5.80. The van der Waals surface area contributed by atoms with Crippen molar-refractivity contribution in [1.82, 2.24) is 4.90 Å². The number of esters is 1. The van der Waals surface area contributed by atoms with Crippen LogP contribution < -0.4 is 4.74 Å². The molecule has 0 N–H and O–H groups in total. The first-order chi connectivity index (χ1) is 10.2. The molecule has 0 radical (unpaired) electrons. The van der Waals surface area contributed by atoms with Gasteiger partial charge in [-0.05, 0) is 44.5 Å². The highest BCUT2D eigenvalue weighted by atomic mass is 35.5. The maximum absolute atomic E-state index is 12.0. The highest BCUT2D eigenvalue weighted by Crippen LogP contribution is 2.21. The van der Waals surface area contributed by atoms with Gasteiger partial charge in [0.2, 0.25) is 5.91 Å². The molecule has 0 aromatic heterocycles. The SMILES string of the molecule is CN(C)C(=O)CCCOC(=O)C(C)(C)Oc1ccc(Cl)cc1. The second-order valence-corrected chi connectivity index (χ2v) is 6.03. The van der Waals surface area contributed by atoms with Crippen LogP contribution in [-0.2, 0) is 14.3 Å². The Morgan fingerprint density at radius 2 is 1.77 bits per heavy atom. The summed E-state index contributed by atoms with van der Waals surface area (Å²) < 4.78 is 10.8. The number of carbonyl (C=O) groups excluding carboxylic acids is 2. The quantitative estimate of drug-likeness (QED) is 0.571. The van der Waals surface area contributed by atoms with Gasteiger partial charge < -0.3 is 14.4 Å². The van der Waals surface area contributed by atoms with Gasteiger partial charge in [0.05, 0.1) is 6.61 Å². The third-order valence-corrected chi connectivity index (χ3v) is 3.20. The minimum Gasteiger partial charge on any atom is -0.476 e. The molecule has 22 heavy (non-hydrogen) atoms. The maximum Gasteiger partial charge on any atom is 0.349 e. The molecular formula is C16H22ClNO4. The van der Waals surface area contributed by atoms with Crippen molar-refractivity contribution in [3.05, 3.63) is 29.3 Å². The van der Waals surface area contributed by atoms with E-state index in [1.807, 2.05) is 0 Å².